The number of nitrogens with two attached hydrogens (primary N) is 1. The number of hydrogen-bond donors (Lipinski definition) is 1. The molecule has 0 bridgehead atoms. The number of imidazole rings is 1. The third-order valence-corrected chi connectivity index (χ3v) is 1.98. The molecule has 2 N–H and O–H groups in total. The lowest BCUT2D eigenvalue weighted by Crippen LogP contribution is -1.96. The summed E-state index contributed by atoms with van der Waals surface area (Å²) in [6.07, 6.45) is 4.31. The van der Waals surface area contributed by atoms with E-state index in [9.17, 15) is 0 Å². The van der Waals surface area contributed by atoms with Crippen molar-refractivity contribution in [3.8, 4) is 0 Å². The maximum Gasteiger partial charge on any atom is 0.126 e. The molecule has 0 atom stereocenters. The number of rotatable bonds is 1. The molecule has 54 valence electrons. The molecule has 0 radical (unpaired) electrons. The van der Waals surface area contributed by atoms with Crippen LogP contribution in [0.15, 0.2) is 6.33 Å². The van der Waals surface area contributed by atoms with Crippen LogP contribution >= 0.6 is 0 Å². The summed E-state index contributed by atoms with van der Waals surface area (Å²) >= 11 is 0. The fourth-order valence-electron chi connectivity index (χ4n) is 1.13. The Bertz CT molecular complexity index is 247. The van der Waals surface area contributed by atoms with Crippen LogP contribution in [-0.2, 0) is 7.05 Å². The Labute approximate surface area is 59.9 Å². The van der Waals surface area contributed by atoms with Crippen molar-refractivity contribution in [3.63, 3.8) is 0 Å². The minimum Gasteiger partial charge on any atom is -0.384 e. The van der Waals surface area contributed by atoms with E-state index in [2.05, 4.69) is 4.98 Å². The average Bonchev–Trinajstić information content (AvgIpc) is 2.67. The van der Waals surface area contributed by atoms with Gasteiger partial charge in [-0.15, -0.1) is 0 Å². The molecule has 1 fully saturated rings. The second-order valence-electron chi connectivity index (χ2n) is 2.90. The Hall–Kier alpha value is -0.990. The van der Waals surface area contributed by atoms with Crippen LogP contribution in [0.4, 0.5) is 5.82 Å². The first-order valence-corrected chi connectivity index (χ1v) is 3.55. The molecule has 1 aromatic rings. The second kappa shape index (κ2) is 1.75. The molecule has 3 nitrogen and oxygen atoms in total. The molecule has 2 rings (SSSR count). The van der Waals surface area contributed by atoms with E-state index in [0.29, 0.717) is 5.92 Å². The first kappa shape index (κ1) is 5.77. The second-order valence-corrected chi connectivity index (χ2v) is 2.90. The van der Waals surface area contributed by atoms with E-state index in [1.807, 2.05) is 11.6 Å². The highest BCUT2D eigenvalue weighted by Crippen LogP contribution is 2.41. The Balaban J connectivity index is 2.40. The van der Waals surface area contributed by atoms with E-state index in [0.717, 1.165) is 11.5 Å². The normalized spacial score (nSPS) is 17.7. The molecule has 10 heavy (non-hydrogen) atoms. The zero-order valence-electron chi connectivity index (χ0n) is 6.04. The first-order chi connectivity index (χ1) is 4.79. The molecule has 0 saturated heterocycles. The van der Waals surface area contributed by atoms with E-state index >= 15 is 0 Å². The first-order valence-electron chi connectivity index (χ1n) is 3.55. The predicted octanol–water partition coefficient (Wildman–Crippen LogP) is 0.880. The average molecular weight is 137 g/mol. The molecular weight excluding hydrogens is 126 g/mol. The van der Waals surface area contributed by atoms with Gasteiger partial charge in [0.2, 0.25) is 0 Å². The minimum absolute atomic E-state index is 0.668. The van der Waals surface area contributed by atoms with Crippen molar-refractivity contribution in [1.82, 2.24) is 9.55 Å². The molecule has 0 spiro atoms. The third kappa shape index (κ3) is 0.701. The lowest BCUT2D eigenvalue weighted by molar-refractivity contribution is 0.924. The van der Waals surface area contributed by atoms with Gasteiger partial charge in [-0.1, -0.05) is 0 Å². The molecule has 0 unspecified atom stereocenters. The van der Waals surface area contributed by atoms with E-state index in [-0.39, 0.29) is 0 Å². The highest BCUT2D eigenvalue weighted by atomic mass is 15.1. The summed E-state index contributed by atoms with van der Waals surface area (Å²) in [4.78, 5) is 4.22. The molecule has 0 aromatic carbocycles. The zero-order valence-corrected chi connectivity index (χ0v) is 6.04. The van der Waals surface area contributed by atoms with Gasteiger partial charge >= 0.3 is 0 Å². The highest BCUT2D eigenvalue weighted by Gasteiger charge is 2.28. The van der Waals surface area contributed by atoms with Crippen molar-refractivity contribution in [1.29, 1.82) is 0 Å². The largest absolute Gasteiger partial charge is 0.384 e. The number of nitrogen functional groups attached to an aromatic ring is 1. The fourth-order valence-corrected chi connectivity index (χ4v) is 1.13. The smallest absolute Gasteiger partial charge is 0.126 e. The van der Waals surface area contributed by atoms with E-state index < -0.39 is 0 Å². The predicted molar refractivity (Wildman–Crippen MR) is 39.6 cm³/mol. The van der Waals surface area contributed by atoms with Crippen LogP contribution in [0.25, 0.3) is 0 Å². The van der Waals surface area contributed by atoms with Gasteiger partial charge in [0.25, 0.3) is 0 Å². The maximum atomic E-state index is 5.74. The van der Waals surface area contributed by atoms with Gasteiger partial charge in [0.15, 0.2) is 0 Å². The number of nitrogens with zero attached hydrogens (tertiary/aromatic N) is 2. The minimum atomic E-state index is 0.668. The Morgan fingerprint density at radius 1 is 1.70 bits per heavy atom. The van der Waals surface area contributed by atoms with Gasteiger partial charge in [-0.05, 0) is 12.8 Å². The SMILES string of the molecule is Cn1cnc(C2CC2)c1N. The van der Waals surface area contributed by atoms with Crippen LogP contribution in [0, 0.1) is 0 Å². The molecule has 0 aliphatic heterocycles. The van der Waals surface area contributed by atoms with Crippen molar-refractivity contribution < 1.29 is 0 Å². The molecule has 1 aromatic heterocycles. The van der Waals surface area contributed by atoms with Gasteiger partial charge in [-0.2, -0.15) is 0 Å². The van der Waals surface area contributed by atoms with E-state index in [1.165, 1.54) is 12.8 Å². The van der Waals surface area contributed by atoms with Gasteiger partial charge in [0.1, 0.15) is 5.82 Å². The topological polar surface area (TPSA) is 43.8 Å². The summed E-state index contributed by atoms with van der Waals surface area (Å²) in [7, 11) is 1.92. The number of aromatic nitrogens is 2. The van der Waals surface area contributed by atoms with Crippen LogP contribution in [0.3, 0.4) is 0 Å². The summed E-state index contributed by atoms with van der Waals surface area (Å²) in [6, 6.07) is 0. The van der Waals surface area contributed by atoms with Gasteiger partial charge in [0, 0.05) is 13.0 Å². The Kier molecular flexibility index (Phi) is 1.01. The Morgan fingerprint density at radius 2 is 2.40 bits per heavy atom. The molecule has 1 aliphatic rings. The molecule has 1 heterocycles. The lowest BCUT2D eigenvalue weighted by Gasteiger charge is -1.95. The van der Waals surface area contributed by atoms with Crippen LogP contribution in [-0.4, -0.2) is 9.55 Å². The van der Waals surface area contributed by atoms with Crippen molar-refractivity contribution in [2.75, 3.05) is 5.73 Å². The van der Waals surface area contributed by atoms with Crippen LogP contribution in [0.5, 0.6) is 0 Å². The summed E-state index contributed by atoms with van der Waals surface area (Å²) < 4.78 is 1.87. The molecule has 0 amide bonds. The van der Waals surface area contributed by atoms with Gasteiger partial charge in [-0.25, -0.2) is 4.98 Å². The van der Waals surface area contributed by atoms with Gasteiger partial charge < -0.3 is 10.3 Å². The van der Waals surface area contributed by atoms with E-state index in [4.69, 9.17) is 5.73 Å². The zero-order chi connectivity index (χ0) is 7.14. The fraction of sp³-hybridized carbons (Fsp3) is 0.571. The van der Waals surface area contributed by atoms with Crippen molar-refractivity contribution >= 4 is 5.82 Å². The van der Waals surface area contributed by atoms with Crippen LogP contribution in [0.1, 0.15) is 24.5 Å². The van der Waals surface area contributed by atoms with Crippen molar-refractivity contribution in [2.24, 2.45) is 7.05 Å². The number of hydrogen-bond acceptors (Lipinski definition) is 2. The van der Waals surface area contributed by atoms with Crippen molar-refractivity contribution in [3.05, 3.63) is 12.0 Å². The Morgan fingerprint density at radius 3 is 2.80 bits per heavy atom. The lowest BCUT2D eigenvalue weighted by atomic mass is 10.3. The molecule has 1 aliphatic carbocycles. The summed E-state index contributed by atoms with van der Waals surface area (Å²) in [5.74, 6) is 1.50. The van der Waals surface area contributed by atoms with Crippen LogP contribution < -0.4 is 5.73 Å². The molecule has 1 saturated carbocycles. The maximum absolute atomic E-state index is 5.74. The number of anilines is 1. The highest BCUT2D eigenvalue weighted by molar-refractivity contribution is 5.40. The van der Waals surface area contributed by atoms with E-state index in [1.54, 1.807) is 6.33 Å². The summed E-state index contributed by atoms with van der Waals surface area (Å²) in [6.45, 7) is 0. The number of aryl methyl sites for hydroxylation is 1. The van der Waals surface area contributed by atoms with Crippen molar-refractivity contribution in [2.45, 2.75) is 18.8 Å². The van der Waals surface area contributed by atoms with Gasteiger partial charge in [-0.3, -0.25) is 0 Å². The molecule has 3 heteroatoms. The molecular formula is C7H11N3. The van der Waals surface area contributed by atoms with Crippen LogP contribution in [0.2, 0.25) is 0 Å². The summed E-state index contributed by atoms with van der Waals surface area (Å²) in [5, 5.41) is 0. The van der Waals surface area contributed by atoms with Gasteiger partial charge in [0.05, 0.1) is 12.0 Å². The monoisotopic (exact) mass is 137 g/mol. The standard InChI is InChI=1S/C7H11N3/c1-10-4-9-6(7(10)8)5-2-3-5/h4-5H,2-3,8H2,1H3. The quantitative estimate of drug-likeness (QED) is 0.624. The summed E-state index contributed by atoms with van der Waals surface area (Å²) in [5.41, 5.74) is 6.84. The third-order valence-electron chi connectivity index (χ3n) is 1.98.